The number of unbranched alkanes of at least 4 members (excludes halogenated alkanes) is 1. The van der Waals surface area contributed by atoms with Crippen LogP contribution in [0.15, 0.2) is 0 Å². The van der Waals surface area contributed by atoms with Gasteiger partial charge < -0.3 is 14.8 Å². The third-order valence-electron chi connectivity index (χ3n) is 3.12. The van der Waals surface area contributed by atoms with Crippen molar-refractivity contribution >= 4 is 5.82 Å². The average molecular weight is 295 g/mol. The van der Waals surface area contributed by atoms with Gasteiger partial charge in [-0.25, -0.2) is 4.98 Å². The molecule has 5 heteroatoms. The van der Waals surface area contributed by atoms with Gasteiger partial charge >= 0.3 is 0 Å². The van der Waals surface area contributed by atoms with Crippen molar-refractivity contribution < 1.29 is 9.47 Å². The van der Waals surface area contributed by atoms with Gasteiger partial charge in [0.1, 0.15) is 18.2 Å². The Hall–Kier alpha value is -1.36. The van der Waals surface area contributed by atoms with Crippen LogP contribution in [-0.2, 0) is 10.2 Å². The molecule has 0 aromatic carbocycles. The van der Waals surface area contributed by atoms with Gasteiger partial charge in [0, 0.05) is 19.1 Å². The molecular weight excluding hydrogens is 266 g/mol. The van der Waals surface area contributed by atoms with Crippen LogP contribution in [0.5, 0.6) is 5.88 Å². The molecule has 0 atom stereocenters. The highest BCUT2D eigenvalue weighted by Gasteiger charge is 2.21. The molecule has 21 heavy (non-hydrogen) atoms. The van der Waals surface area contributed by atoms with Crippen molar-refractivity contribution in [1.29, 1.82) is 0 Å². The maximum Gasteiger partial charge on any atom is 0.221 e. The van der Waals surface area contributed by atoms with Gasteiger partial charge in [0.05, 0.1) is 12.2 Å². The lowest BCUT2D eigenvalue weighted by Crippen LogP contribution is -2.19. The highest BCUT2D eigenvalue weighted by atomic mass is 16.5. The van der Waals surface area contributed by atoms with Crippen LogP contribution in [-0.4, -0.2) is 36.8 Å². The Bertz CT molecular complexity index is 442. The number of nitrogens with one attached hydrogen (secondary N) is 1. The van der Waals surface area contributed by atoms with Crippen molar-refractivity contribution in [2.24, 2.45) is 0 Å². The smallest absolute Gasteiger partial charge is 0.221 e. The summed E-state index contributed by atoms with van der Waals surface area (Å²) in [7, 11) is 1.86. The van der Waals surface area contributed by atoms with Gasteiger partial charge in [0.15, 0.2) is 0 Å². The quantitative estimate of drug-likeness (QED) is 0.746. The molecule has 0 aliphatic rings. The third-order valence-corrected chi connectivity index (χ3v) is 3.12. The molecule has 0 fully saturated rings. The molecule has 5 nitrogen and oxygen atoms in total. The van der Waals surface area contributed by atoms with Crippen molar-refractivity contribution in [3.63, 3.8) is 0 Å². The fourth-order valence-corrected chi connectivity index (χ4v) is 1.76. The SMILES string of the molecule is CCCCOCCOc1nc(C(C)(C)C)nc(NC)c1C. The fraction of sp³-hybridized carbons (Fsp3) is 0.750. The Kier molecular flexibility index (Phi) is 6.89. The summed E-state index contributed by atoms with van der Waals surface area (Å²) in [6.07, 6.45) is 2.23. The van der Waals surface area contributed by atoms with E-state index in [0.717, 1.165) is 36.7 Å². The molecule has 1 heterocycles. The zero-order valence-corrected chi connectivity index (χ0v) is 14.2. The van der Waals surface area contributed by atoms with Crippen LogP contribution in [0.25, 0.3) is 0 Å². The van der Waals surface area contributed by atoms with E-state index in [4.69, 9.17) is 9.47 Å². The Morgan fingerprint density at radius 3 is 2.38 bits per heavy atom. The topological polar surface area (TPSA) is 56.3 Å². The Balaban J connectivity index is 2.72. The van der Waals surface area contributed by atoms with Gasteiger partial charge in [-0.3, -0.25) is 0 Å². The molecule has 1 aromatic rings. The minimum Gasteiger partial charge on any atom is -0.475 e. The Labute approximate surface area is 128 Å². The summed E-state index contributed by atoms with van der Waals surface area (Å²) >= 11 is 0. The molecule has 120 valence electrons. The maximum absolute atomic E-state index is 5.78. The molecule has 1 N–H and O–H groups in total. The van der Waals surface area contributed by atoms with E-state index in [0.29, 0.717) is 19.1 Å². The van der Waals surface area contributed by atoms with Gasteiger partial charge in [0.2, 0.25) is 5.88 Å². The molecule has 0 saturated heterocycles. The second-order valence-corrected chi connectivity index (χ2v) is 6.14. The van der Waals surface area contributed by atoms with E-state index in [1.165, 1.54) is 0 Å². The average Bonchev–Trinajstić information content (AvgIpc) is 2.43. The molecule has 0 spiro atoms. The fourth-order valence-electron chi connectivity index (χ4n) is 1.76. The molecule has 0 radical (unpaired) electrons. The van der Waals surface area contributed by atoms with E-state index in [2.05, 4.69) is 43.0 Å². The molecule has 0 saturated carbocycles. The van der Waals surface area contributed by atoms with Crippen LogP contribution < -0.4 is 10.1 Å². The van der Waals surface area contributed by atoms with Crippen LogP contribution in [0.1, 0.15) is 51.9 Å². The lowest BCUT2D eigenvalue weighted by molar-refractivity contribution is 0.0960. The minimum absolute atomic E-state index is 0.116. The monoisotopic (exact) mass is 295 g/mol. The van der Waals surface area contributed by atoms with Gasteiger partial charge in [-0.15, -0.1) is 0 Å². The number of rotatable bonds is 8. The van der Waals surface area contributed by atoms with Crippen molar-refractivity contribution in [2.75, 3.05) is 32.2 Å². The number of aromatic nitrogens is 2. The second kappa shape index (κ2) is 8.17. The van der Waals surface area contributed by atoms with E-state index >= 15 is 0 Å². The Morgan fingerprint density at radius 2 is 1.81 bits per heavy atom. The number of ether oxygens (including phenoxy) is 2. The second-order valence-electron chi connectivity index (χ2n) is 6.14. The van der Waals surface area contributed by atoms with Crippen LogP contribution >= 0.6 is 0 Å². The number of nitrogens with zero attached hydrogens (tertiary/aromatic N) is 2. The van der Waals surface area contributed by atoms with Crippen LogP contribution in [0, 0.1) is 6.92 Å². The van der Waals surface area contributed by atoms with Gasteiger partial charge in [-0.1, -0.05) is 34.1 Å². The molecule has 0 bridgehead atoms. The van der Waals surface area contributed by atoms with E-state index < -0.39 is 0 Å². The number of hydrogen-bond donors (Lipinski definition) is 1. The molecule has 0 unspecified atom stereocenters. The van der Waals surface area contributed by atoms with Crippen molar-refractivity contribution in [2.45, 2.75) is 52.9 Å². The summed E-state index contributed by atoms with van der Waals surface area (Å²) in [6, 6.07) is 0. The number of hydrogen-bond acceptors (Lipinski definition) is 5. The summed E-state index contributed by atoms with van der Waals surface area (Å²) in [5.74, 6) is 2.23. The lowest BCUT2D eigenvalue weighted by Gasteiger charge is -2.20. The summed E-state index contributed by atoms with van der Waals surface area (Å²) < 4.78 is 11.3. The van der Waals surface area contributed by atoms with Crippen molar-refractivity contribution in [3.05, 3.63) is 11.4 Å². The summed E-state index contributed by atoms with van der Waals surface area (Å²) in [6.45, 7) is 12.3. The predicted octanol–water partition coefficient (Wildman–Crippen LogP) is 3.32. The molecule has 1 aromatic heterocycles. The van der Waals surface area contributed by atoms with Crippen LogP contribution in [0.2, 0.25) is 0 Å². The zero-order chi connectivity index (χ0) is 15.9. The minimum atomic E-state index is -0.116. The molecule has 1 rings (SSSR count). The summed E-state index contributed by atoms with van der Waals surface area (Å²) in [4.78, 5) is 9.12. The third kappa shape index (κ3) is 5.50. The van der Waals surface area contributed by atoms with E-state index in [1.54, 1.807) is 0 Å². The number of anilines is 1. The zero-order valence-electron chi connectivity index (χ0n) is 14.2. The van der Waals surface area contributed by atoms with Crippen molar-refractivity contribution in [3.8, 4) is 5.88 Å². The van der Waals surface area contributed by atoms with Crippen LogP contribution in [0.3, 0.4) is 0 Å². The summed E-state index contributed by atoms with van der Waals surface area (Å²) in [5, 5.41) is 3.10. The van der Waals surface area contributed by atoms with Crippen LogP contribution in [0.4, 0.5) is 5.82 Å². The normalized spacial score (nSPS) is 11.5. The first-order chi connectivity index (χ1) is 9.90. The largest absolute Gasteiger partial charge is 0.475 e. The van der Waals surface area contributed by atoms with E-state index in [1.807, 2.05) is 14.0 Å². The highest BCUT2D eigenvalue weighted by molar-refractivity contribution is 5.48. The standard InChI is InChI=1S/C16H29N3O2/c1-7-8-9-20-10-11-21-14-12(2)13(17-6)18-15(19-14)16(3,4)5/h7-11H2,1-6H3,(H,17,18,19). The van der Waals surface area contributed by atoms with E-state index in [-0.39, 0.29) is 5.41 Å². The first kappa shape index (κ1) is 17.7. The molecule has 0 aliphatic heterocycles. The van der Waals surface area contributed by atoms with Gasteiger partial charge in [-0.05, 0) is 13.3 Å². The highest BCUT2D eigenvalue weighted by Crippen LogP contribution is 2.27. The maximum atomic E-state index is 5.78. The van der Waals surface area contributed by atoms with Gasteiger partial charge in [0.25, 0.3) is 0 Å². The molecule has 0 amide bonds. The molecular formula is C16H29N3O2. The first-order valence-corrected chi connectivity index (χ1v) is 7.67. The lowest BCUT2D eigenvalue weighted by atomic mass is 9.95. The van der Waals surface area contributed by atoms with Crippen molar-refractivity contribution in [1.82, 2.24) is 9.97 Å². The van der Waals surface area contributed by atoms with Gasteiger partial charge in [-0.2, -0.15) is 4.98 Å². The first-order valence-electron chi connectivity index (χ1n) is 7.67. The predicted molar refractivity (Wildman–Crippen MR) is 86.2 cm³/mol. The summed E-state index contributed by atoms with van der Waals surface area (Å²) in [5.41, 5.74) is 0.814. The van der Waals surface area contributed by atoms with E-state index in [9.17, 15) is 0 Å². The molecule has 0 aliphatic carbocycles. The Morgan fingerprint density at radius 1 is 1.10 bits per heavy atom.